The van der Waals surface area contributed by atoms with Crippen LogP contribution in [-0.4, -0.2) is 95.0 Å². The molecule has 0 aromatic heterocycles. The number of carboxylic acids is 1. The van der Waals surface area contributed by atoms with Gasteiger partial charge < -0.3 is 42.7 Å². The van der Waals surface area contributed by atoms with Gasteiger partial charge in [0.25, 0.3) is 0 Å². The lowest BCUT2D eigenvalue weighted by Crippen LogP contribution is -2.61. The Hall–Kier alpha value is -4.33. The van der Waals surface area contributed by atoms with Crippen LogP contribution in [0.15, 0.2) is 60.7 Å². The van der Waals surface area contributed by atoms with Crippen molar-refractivity contribution in [1.29, 1.82) is 0 Å². The molecule has 0 saturated carbocycles. The van der Waals surface area contributed by atoms with E-state index in [9.17, 15) is 29.1 Å². The lowest BCUT2D eigenvalue weighted by atomic mass is 9.88. The summed E-state index contributed by atoms with van der Waals surface area (Å²) in [5.41, 5.74) is 12.6. The maximum Gasteiger partial charge on any atom is 0.323 e. The number of carboxylic acid groups (broad SMARTS) is 1. The third kappa shape index (κ3) is 13.4. The highest BCUT2D eigenvalue weighted by molar-refractivity contribution is 5.95. The van der Waals surface area contributed by atoms with E-state index in [-0.39, 0.29) is 63.1 Å². The molecule has 1 saturated heterocycles. The Kier molecular flexibility index (Phi) is 16.0. The van der Waals surface area contributed by atoms with Gasteiger partial charge >= 0.3 is 5.97 Å². The summed E-state index contributed by atoms with van der Waals surface area (Å²) in [6.07, 6.45) is 1.86. The van der Waals surface area contributed by atoms with Crippen molar-refractivity contribution < 1.29 is 29.1 Å². The Labute approximate surface area is 301 Å². The van der Waals surface area contributed by atoms with E-state index in [2.05, 4.69) is 21.3 Å². The van der Waals surface area contributed by atoms with Crippen molar-refractivity contribution in [1.82, 2.24) is 26.2 Å². The number of piperidine rings is 1. The first kappa shape index (κ1) is 41.1. The number of hydrogen-bond donors (Lipinski definition) is 7. The van der Waals surface area contributed by atoms with Gasteiger partial charge in [0.15, 0.2) is 0 Å². The van der Waals surface area contributed by atoms with Gasteiger partial charge in [0.1, 0.15) is 23.7 Å². The van der Waals surface area contributed by atoms with E-state index in [1.54, 1.807) is 4.90 Å². The molecule has 13 nitrogen and oxygen atoms in total. The second-order valence-electron chi connectivity index (χ2n) is 14.3. The lowest BCUT2D eigenvalue weighted by molar-refractivity contribution is -0.148. The van der Waals surface area contributed by atoms with E-state index in [4.69, 9.17) is 11.5 Å². The molecule has 0 radical (unpaired) electrons. The van der Waals surface area contributed by atoms with E-state index in [1.807, 2.05) is 88.4 Å². The van der Waals surface area contributed by atoms with Crippen molar-refractivity contribution in [3.05, 3.63) is 71.8 Å². The van der Waals surface area contributed by atoms with Crippen molar-refractivity contribution in [2.75, 3.05) is 19.6 Å². The van der Waals surface area contributed by atoms with Crippen LogP contribution in [0, 0.1) is 5.92 Å². The lowest BCUT2D eigenvalue weighted by Gasteiger charge is -2.38. The zero-order chi connectivity index (χ0) is 37.6. The van der Waals surface area contributed by atoms with Gasteiger partial charge in [-0.15, -0.1) is 0 Å². The number of amides is 4. The molecule has 51 heavy (non-hydrogen) atoms. The second-order valence-corrected chi connectivity index (χ2v) is 14.3. The Morgan fingerprint density at radius 1 is 0.765 bits per heavy atom. The predicted molar refractivity (Wildman–Crippen MR) is 196 cm³/mol. The molecule has 0 unspecified atom stereocenters. The van der Waals surface area contributed by atoms with Gasteiger partial charge in [-0.3, -0.25) is 24.0 Å². The van der Waals surface area contributed by atoms with Crippen LogP contribution in [0.4, 0.5) is 0 Å². The number of nitrogens with two attached hydrogens (primary N) is 2. The van der Waals surface area contributed by atoms with Crippen LogP contribution in [0.2, 0.25) is 0 Å². The van der Waals surface area contributed by atoms with E-state index in [0.29, 0.717) is 19.4 Å². The van der Waals surface area contributed by atoms with Gasteiger partial charge in [0.05, 0.1) is 6.04 Å². The van der Waals surface area contributed by atoms with Crippen LogP contribution in [0.1, 0.15) is 70.9 Å². The molecule has 4 atom stereocenters. The molecule has 1 heterocycles. The Bertz CT molecular complexity index is 1430. The van der Waals surface area contributed by atoms with Gasteiger partial charge in [-0.25, -0.2) is 0 Å². The largest absolute Gasteiger partial charge is 0.480 e. The molecule has 2 aromatic carbocycles. The number of carbonyl (C=O) groups excluding carboxylic acids is 4. The molecule has 280 valence electrons. The van der Waals surface area contributed by atoms with Crippen LogP contribution in [0.25, 0.3) is 0 Å². The first-order valence-corrected chi connectivity index (χ1v) is 18.0. The number of nitrogens with one attached hydrogen (secondary N) is 4. The second kappa shape index (κ2) is 19.9. The van der Waals surface area contributed by atoms with E-state index in [1.165, 1.54) is 0 Å². The average molecular weight is 708 g/mol. The first-order chi connectivity index (χ1) is 24.2. The third-order valence-electron chi connectivity index (χ3n) is 9.12. The topological polar surface area (TPSA) is 209 Å². The van der Waals surface area contributed by atoms with Crippen molar-refractivity contribution in [3.63, 3.8) is 0 Å². The first-order valence-electron chi connectivity index (χ1n) is 18.0. The molecule has 13 heteroatoms. The summed E-state index contributed by atoms with van der Waals surface area (Å²) in [5.74, 6) is -2.99. The van der Waals surface area contributed by atoms with Gasteiger partial charge in [0.2, 0.25) is 23.6 Å². The van der Waals surface area contributed by atoms with Crippen molar-refractivity contribution in [2.45, 2.75) is 108 Å². The minimum atomic E-state index is -1.40. The highest BCUT2D eigenvalue weighted by Gasteiger charge is 2.40. The molecule has 0 aliphatic carbocycles. The fourth-order valence-corrected chi connectivity index (χ4v) is 6.06. The smallest absolute Gasteiger partial charge is 0.323 e. The zero-order valence-corrected chi connectivity index (χ0v) is 30.4. The number of hydrogen-bond acceptors (Lipinski definition) is 8. The number of rotatable bonds is 19. The molecule has 2 aromatic rings. The van der Waals surface area contributed by atoms with E-state index < -0.39 is 53.4 Å². The summed E-state index contributed by atoms with van der Waals surface area (Å²) in [7, 11) is 0. The third-order valence-corrected chi connectivity index (χ3v) is 9.12. The molecule has 0 bridgehead atoms. The molecule has 3 rings (SSSR count). The van der Waals surface area contributed by atoms with E-state index in [0.717, 1.165) is 11.1 Å². The number of benzene rings is 2. The molecule has 1 aliphatic heterocycles. The Morgan fingerprint density at radius 3 is 1.80 bits per heavy atom. The standard InChI is InChI=1S/C38H57N7O6/c1-25(2)22-31(34(47)42-30(16-11-19-41-26(3)4)36(49)45-20-17-38(40,18-21-45)37(50)51)44-35(48)32(24-28-14-9-6-10-15-28)43-33(46)29(39)23-27-12-7-5-8-13-27/h5-10,12-15,25-26,29-32,41H,11,16-24,39-40H2,1-4H3,(H,42,47)(H,43,46)(H,44,48)(H,50,51)/t29-,30-,31-,32-/m1/s1. The van der Waals surface area contributed by atoms with Crippen LogP contribution in [0.5, 0.6) is 0 Å². The minimum absolute atomic E-state index is 0.00249. The highest BCUT2D eigenvalue weighted by Crippen LogP contribution is 2.21. The summed E-state index contributed by atoms with van der Waals surface area (Å²) in [5, 5.41) is 21.4. The summed E-state index contributed by atoms with van der Waals surface area (Å²) >= 11 is 0. The molecular formula is C38H57N7O6. The van der Waals surface area contributed by atoms with Gasteiger partial charge in [-0.05, 0) is 62.1 Å². The number of likely N-dealkylation sites (tertiary alicyclic amines) is 1. The van der Waals surface area contributed by atoms with Crippen LogP contribution >= 0.6 is 0 Å². The van der Waals surface area contributed by atoms with E-state index >= 15 is 0 Å². The van der Waals surface area contributed by atoms with Gasteiger partial charge in [-0.2, -0.15) is 0 Å². The van der Waals surface area contributed by atoms with Crippen molar-refractivity contribution >= 4 is 29.6 Å². The molecule has 0 spiro atoms. The molecule has 9 N–H and O–H groups in total. The number of aliphatic carboxylic acids is 1. The molecule has 1 fully saturated rings. The van der Waals surface area contributed by atoms with Crippen molar-refractivity contribution in [3.8, 4) is 0 Å². The number of carbonyl (C=O) groups is 5. The predicted octanol–water partition coefficient (Wildman–Crippen LogP) is 1.48. The highest BCUT2D eigenvalue weighted by atomic mass is 16.4. The minimum Gasteiger partial charge on any atom is -0.480 e. The monoisotopic (exact) mass is 707 g/mol. The Morgan fingerprint density at radius 2 is 1.27 bits per heavy atom. The summed E-state index contributed by atoms with van der Waals surface area (Å²) in [6.45, 7) is 8.81. The number of nitrogens with zero attached hydrogens (tertiary/aromatic N) is 1. The van der Waals surface area contributed by atoms with Crippen molar-refractivity contribution in [2.24, 2.45) is 17.4 Å². The SMILES string of the molecule is CC(C)C[C@@H](NC(=O)[C@@H](Cc1ccccc1)NC(=O)[C@H](N)Cc1ccccc1)C(=O)N[C@H](CCCNC(C)C)C(=O)N1CCC(N)(C(=O)O)CC1. The van der Waals surface area contributed by atoms with Crippen LogP contribution < -0.4 is 32.7 Å². The van der Waals surface area contributed by atoms with Crippen LogP contribution in [-0.2, 0) is 36.8 Å². The molecular weight excluding hydrogens is 650 g/mol. The van der Waals surface area contributed by atoms with Gasteiger partial charge in [0, 0.05) is 25.6 Å². The van der Waals surface area contributed by atoms with Gasteiger partial charge in [-0.1, -0.05) is 88.4 Å². The summed E-state index contributed by atoms with van der Waals surface area (Å²) in [6, 6.07) is 15.0. The fourth-order valence-electron chi connectivity index (χ4n) is 6.06. The Balaban J connectivity index is 1.78. The normalized spacial score (nSPS) is 16.5. The van der Waals surface area contributed by atoms with Crippen LogP contribution in [0.3, 0.4) is 0 Å². The maximum atomic E-state index is 13.9. The zero-order valence-electron chi connectivity index (χ0n) is 30.4. The molecule has 4 amide bonds. The average Bonchev–Trinajstić information content (AvgIpc) is 3.09. The molecule has 1 aliphatic rings. The maximum absolute atomic E-state index is 13.9. The quantitative estimate of drug-likeness (QED) is 0.105. The summed E-state index contributed by atoms with van der Waals surface area (Å²) in [4.78, 5) is 68.2. The summed E-state index contributed by atoms with van der Waals surface area (Å²) < 4.78 is 0. The fraction of sp³-hybridized carbons (Fsp3) is 0.553.